The molecular weight excluding hydrogens is 607 g/mol. The maximum atomic E-state index is 14.4. The number of rotatable bonds is 7. The van der Waals surface area contributed by atoms with E-state index in [0.29, 0.717) is 44.1 Å². The fourth-order valence-corrected chi connectivity index (χ4v) is 7.11. The summed E-state index contributed by atoms with van der Waals surface area (Å²) in [5.74, 6) is 0.285. The van der Waals surface area contributed by atoms with Crippen molar-refractivity contribution in [3.8, 4) is 11.8 Å². The van der Waals surface area contributed by atoms with Crippen molar-refractivity contribution in [2.24, 2.45) is 4.99 Å². The van der Waals surface area contributed by atoms with Crippen molar-refractivity contribution in [2.45, 2.75) is 19.5 Å². The second-order valence-electron chi connectivity index (χ2n) is 11.2. The third-order valence-electron chi connectivity index (χ3n) is 8.29. The number of fused-ring (bicyclic) bond motifs is 2. The van der Waals surface area contributed by atoms with Gasteiger partial charge in [-0.15, -0.1) is 0 Å². The Bertz CT molecular complexity index is 2430. The van der Waals surface area contributed by atoms with Gasteiger partial charge in [0.05, 0.1) is 40.6 Å². The van der Waals surface area contributed by atoms with Crippen molar-refractivity contribution in [3.05, 3.63) is 163 Å². The van der Waals surface area contributed by atoms with Crippen LogP contribution in [0, 0.1) is 11.3 Å². The zero-order chi connectivity index (χ0) is 32.5. The number of para-hydroxylation sites is 2. The number of hydrogen-bond acceptors (Lipinski definition) is 6. The lowest BCUT2D eigenvalue weighted by Crippen LogP contribution is -2.40. The maximum Gasteiger partial charge on any atom is 0.271 e. The molecule has 1 amide bonds. The van der Waals surface area contributed by atoms with Crippen LogP contribution in [0.5, 0.6) is 5.75 Å². The molecule has 0 bridgehead atoms. The summed E-state index contributed by atoms with van der Waals surface area (Å²) in [6.45, 7) is 2.31. The number of benzene rings is 4. The van der Waals surface area contributed by atoms with E-state index in [9.17, 15) is 14.9 Å². The van der Waals surface area contributed by atoms with E-state index in [1.54, 1.807) is 18.6 Å². The number of amides is 1. The molecule has 1 aliphatic rings. The van der Waals surface area contributed by atoms with Crippen LogP contribution in [-0.4, -0.2) is 22.2 Å². The molecule has 230 valence electrons. The van der Waals surface area contributed by atoms with Gasteiger partial charge in [0.25, 0.3) is 11.5 Å². The second-order valence-corrected chi connectivity index (χ2v) is 12.2. The molecule has 0 fully saturated rings. The minimum absolute atomic E-state index is 0.245. The summed E-state index contributed by atoms with van der Waals surface area (Å²) in [4.78, 5) is 33.5. The molecule has 7 rings (SSSR count). The van der Waals surface area contributed by atoms with Gasteiger partial charge >= 0.3 is 0 Å². The number of nitriles is 1. The highest BCUT2D eigenvalue weighted by Crippen LogP contribution is 2.32. The Morgan fingerprint density at radius 2 is 1.79 bits per heavy atom. The Morgan fingerprint density at radius 1 is 1.02 bits per heavy atom. The third-order valence-corrected chi connectivity index (χ3v) is 9.27. The fraction of sp³-hybridized carbons (Fsp3) is 0.105. The van der Waals surface area contributed by atoms with Gasteiger partial charge in [0, 0.05) is 34.9 Å². The first-order valence-electron chi connectivity index (χ1n) is 15.0. The summed E-state index contributed by atoms with van der Waals surface area (Å²) >= 11 is 1.29. The van der Waals surface area contributed by atoms with Crippen LogP contribution in [0.2, 0.25) is 0 Å². The molecule has 9 heteroatoms. The smallest absolute Gasteiger partial charge is 0.271 e. The van der Waals surface area contributed by atoms with Gasteiger partial charge in [-0.05, 0) is 60.5 Å². The van der Waals surface area contributed by atoms with E-state index in [1.165, 1.54) is 11.3 Å². The van der Waals surface area contributed by atoms with Crippen molar-refractivity contribution in [2.75, 3.05) is 12.4 Å². The Morgan fingerprint density at radius 3 is 2.60 bits per heavy atom. The summed E-state index contributed by atoms with van der Waals surface area (Å²) in [5, 5.41) is 13.6. The lowest BCUT2D eigenvalue weighted by atomic mass is 9.95. The van der Waals surface area contributed by atoms with Gasteiger partial charge in [0.1, 0.15) is 5.75 Å². The molecule has 8 nitrogen and oxygen atoms in total. The molecule has 47 heavy (non-hydrogen) atoms. The van der Waals surface area contributed by atoms with Crippen molar-refractivity contribution >= 4 is 39.9 Å². The minimum Gasteiger partial charge on any atom is -0.497 e. The topological polar surface area (TPSA) is 101 Å². The number of nitrogens with zero attached hydrogens (tertiary/aromatic N) is 4. The van der Waals surface area contributed by atoms with Crippen LogP contribution in [0.4, 0.5) is 5.69 Å². The van der Waals surface area contributed by atoms with E-state index in [4.69, 9.17) is 9.73 Å². The number of carbonyl (C=O) groups is 1. The number of nitrogens with one attached hydrogen (secondary N) is 1. The molecule has 0 radical (unpaired) electrons. The number of allylic oxidation sites excluding steroid dienone is 1. The SMILES string of the molecule is COc1cccc([C@H]2C(C(=O)Nc3ccccc3)=C(C)N=c3sc(=Cc4cn(Cc5ccccc5C#N)c5ccccc45)c(=O)n32)c1. The average Bonchev–Trinajstić information content (AvgIpc) is 3.60. The first kappa shape index (κ1) is 29.7. The normalized spacial score (nSPS) is 14.4. The summed E-state index contributed by atoms with van der Waals surface area (Å²) in [6, 6.07) is 33.8. The predicted octanol–water partition coefficient (Wildman–Crippen LogP) is 5.76. The third kappa shape index (κ3) is 5.56. The molecule has 0 spiro atoms. The summed E-state index contributed by atoms with van der Waals surface area (Å²) in [5.41, 5.74) is 5.45. The molecule has 0 saturated heterocycles. The van der Waals surface area contributed by atoms with Crippen molar-refractivity contribution < 1.29 is 9.53 Å². The van der Waals surface area contributed by atoms with Gasteiger partial charge < -0.3 is 14.6 Å². The van der Waals surface area contributed by atoms with E-state index in [1.807, 2.05) is 115 Å². The zero-order valence-corrected chi connectivity index (χ0v) is 26.5. The minimum atomic E-state index is -0.726. The van der Waals surface area contributed by atoms with E-state index in [2.05, 4.69) is 16.0 Å². The quantitative estimate of drug-likeness (QED) is 0.241. The zero-order valence-electron chi connectivity index (χ0n) is 25.7. The second kappa shape index (κ2) is 12.4. The molecule has 2 aromatic heterocycles. The highest BCUT2D eigenvalue weighted by Gasteiger charge is 2.33. The number of anilines is 1. The van der Waals surface area contributed by atoms with Crippen LogP contribution in [0.1, 0.15) is 35.2 Å². The number of thiazole rings is 1. The Hall–Kier alpha value is -5.98. The summed E-state index contributed by atoms with van der Waals surface area (Å²) in [7, 11) is 1.59. The number of aromatic nitrogens is 2. The van der Waals surface area contributed by atoms with Gasteiger partial charge in [0.2, 0.25) is 0 Å². The number of methoxy groups -OCH3 is 1. The number of hydrogen-bond donors (Lipinski definition) is 1. The molecule has 1 N–H and O–H groups in total. The van der Waals surface area contributed by atoms with Gasteiger partial charge in [-0.25, -0.2) is 4.99 Å². The van der Waals surface area contributed by atoms with Gasteiger partial charge in [-0.3, -0.25) is 14.2 Å². The molecule has 0 aliphatic carbocycles. The summed E-state index contributed by atoms with van der Waals surface area (Å²) < 4.78 is 9.72. The highest BCUT2D eigenvalue weighted by molar-refractivity contribution is 7.07. The molecule has 0 unspecified atom stereocenters. The molecule has 1 aliphatic heterocycles. The van der Waals surface area contributed by atoms with Crippen LogP contribution < -0.4 is 24.9 Å². The van der Waals surface area contributed by atoms with Gasteiger partial charge in [0.15, 0.2) is 4.80 Å². The summed E-state index contributed by atoms with van der Waals surface area (Å²) in [6.07, 6.45) is 3.91. The average molecular weight is 636 g/mol. The lowest BCUT2D eigenvalue weighted by molar-refractivity contribution is -0.113. The van der Waals surface area contributed by atoms with Gasteiger partial charge in [-0.1, -0.05) is 78.1 Å². The first-order valence-corrected chi connectivity index (χ1v) is 15.9. The maximum absolute atomic E-state index is 14.4. The predicted molar refractivity (Wildman–Crippen MR) is 184 cm³/mol. The number of carbonyl (C=O) groups excluding carboxylic acids is 1. The molecule has 1 atom stereocenters. The van der Waals surface area contributed by atoms with Crippen molar-refractivity contribution in [1.82, 2.24) is 9.13 Å². The Balaban J connectivity index is 1.37. The van der Waals surface area contributed by atoms with Crippen LogP contribution in [0.15, 0.2) is 130 Å². The highest BCUT2D eigenvalue weighted by atomic mass is 32.1. The molecule has 0 saturated carbocycles. The van der Waals surface area contributed by atoms with E-state index < -0.39 is 6.04 Å². The van der Waals surface area contributed by atoms with Crippen LogP contribution >= 0.6 is 11.3 Å². The van der Waals surface area contributed by atoms with E-state index in [0.717, 1.165) is 27.6 Å². The molecular formula is C38H29N5O3S. The Labute approximate surface area is 274 Å². The monoisotopic (exact) mass is 635 g/mol. The lowest BCUT2D eigenvalue weighted by Gasteiger charge is -2.25. The van der Waals surface area contributed by atoms with E-state index in [-0.39, 0.29) is 11.5 Å². The van der Waals surface area contributed by atoms with Crippen LogP contribution in [0.3, 0.4) is 0 Å². The Kier molecular flexibility index (Phi) is 7.86. The largest absolute Gasteiger partial charge is 0.497 e. The van der Waals surface area contributed by atoms with Crippen molar-refractivity contribution in [3.63, 3.8) is 0 Å². The standard InChI is InChI=1S/C38H29N5O3S/c1-24-34(36(44)41-29-14-4-3-5-15-29)35(25-13-10-16-30(19-25)46-2)43-37(45)33(47-38(43)40-24)20-28-23-42(32-18-9-8-17-31(28)32)22-27-12-7-6-11-26(27)21-39/h3-20,23,35H,22H2,1-2H3,(H,41,44)/t35-/m0/s1. The van der Waals surface area contributed by atoms with Crippen LogP contribution in [0.25, 0.3) is 17.0 Å². The fourth-order valence-electron chi connectivity index (χ4n) is 6.07. The molecule has 6 aromatic rings. The van der Waals surface area contributed by atoms with Gasteiger partial charge in [-0.2, -0.15) is 5.26 Å². The first-order chi connectivity index (χ1) is 22.9. The van der Waals surface area contributed by atoms with E-state index >= 15 is 0 Å². The van der Waals surface area contributed by atoms with Crippen LogP contribution in [-0.2, 0) is 11.3 Å². The molecule has 3 heterocycles. The molecule has 4 aromatic carbocycles. The number of ether oxygens (including phenoxy) is 1. The van der Waals surface area contributed by atoms with Crippen molar-refractivity contribution in [1.29, 1.82) is 5.26 Å².